The number of amides is 3. The van der Waals surface area contributed by atoms with Crippen molar-refractivity contribution in [1.82, 2.24) is 5.32 Å². The summed E-state index contributed by atoms with van der Waals surface area (Å²) >= 11 is 0. The number of para-hydroxylation sites is 2. The van der Waals surface area contributed by atoms with Crippen LogP contribution in [-0.4, -0.2) is 37.1 Å². The second-order valence-corrected chi connectivity index (χ2v) is 9.52. The minimum Gasteiger partial charge on any atom is -0.454 e. The molecule has 37 heavy (non-hydrogen) atoms. The van der Waals surface area contributed by atoms with Crippen LogP contribution in [-0.2, 0) is 16.1 Å². The summed E-state index contributed by atoms with van der Waals surface area (Å²) in [4.78, 5) is 43.9. The van der Waals surface area contributed by atoms with E-state index in [1.54, 1.807) is 23.1 Å². The van der Waals surface area contributed by atoms with Crippen molar-refractivity contribution in [3.05, 3.63) is 83.9 Å². The second kappa shape index (κ2) is 9.61. The molecule has 188 valence electrons. The first kappa shape index (κ1) is 23.1. The maximum Gasteiger partial charge on any atom is 0.251 e. The highest BCUT2D eigenvalue weighted by Crippen LogP contribution is 2.43. The number of ether oxygens (including phenoxy) is 2. The standard InChI is InChI=1S/C29H27N3O5/c33-27(16-30-28(34)20-13-14-25-26(15-20)37-18-36-25)32-22-12-6-9-21(22)29(35)31(17-19-7-2-1-3-8-19)23-10-4-5-11-24(23)32/h1-5,7-8,10-11,13-15,21-22H,6,9,12,16-18H2,(H,30,34). The average Bonchev–Trinajstić information content (AvgIpc) is 3.59. The van der Waals surface area contributed by atoms with E-state index in [-0.39, 0.29) is 43.0 Å². The molecule has 3 amide bonds. The Hall–Kier alpha value is -4.33. The molecule has 1 fully saturated rings. The molecule has 2 atom stereocenters. The minimum absolute atomic E-state index is 0.0403. The van der Waals surface area contributed by atoms with Crippen LogP contribution in [0.15, 0.2) is 72.8 Å². The number of rotatable bonds is 5. The molecule has 0 spiro atoms. The minimum atomic E-state index is -0.375. The number of anilines is 2. The van der Waals surface area contributed by atoms with Crippen molar-refractivity contribution in [3.63, 3.8) is 0 Å². The highest BCUT2D eigenvalue weighted by atomic mass is 16.7. The summed E-state index contributed by atoms with van der Waals surface area (Å²) in [5.74, 6) is 0.229. The Bertz CT molecular complexity index is 1360. The lowest BCUT2D eigenvalue weighted by atomic mass is 10.0. The molecule has 8 nitrogen and oxygen atoms in total. The van der Waals surface area contributed by atoms with Crippen molar-refractivity contribution in [2.24, 2.45) is 5.92 Å². The highest BCUT2D eigenvalue weighted by Gasteiger charge is 2.45. The van der Waals surface area contributed by atoms with Crippen molar-refractivity contribution in [2.75, 3.05) is 23.1 Å². The number of carbonyl (C=O) groups excluding carboxylic acids is 3. The zero-order chi connectivity index (χ0) is 25.4. The molecule has 6 rings (SSSR count). The Morgan fingerprint density at radius 1 is 0.892 bits per heavy atom. The van der Waals surface area contributed by atoms with E-state index in [4.69, 9.17) is 9.47 Å². The first-order valence-electron chi connectivity index (χ1n) is 12.5. The summed E-state index contributed by atoms with van der Waals surface area (Å²) in [6, 6.07) is 22.1. The molecule has 0 saturated heterocycles. The average molecular weight is 498 g/mol. The molecular weight excluding hydrogens is 470 g/mol. The van der Waals surface area contributed by atoms with Gasteiger partial charge in [0, 0.05) is 11.6 Å². The zero-order valence-electron chi connectivity index (χ0n) is 20.3. The second-order valence-electron chi connectivity index (χ2n) is 9.52. The summed E-state index contributed by atoms with van der Waals surface area (Å²) in [5, 5.41) is 2.76. The Morgan fingerprint density at radius 3 is 2.49 bits per heavy atom. The third-order valence-electron chi connectivity index (χ3n) is 7.31. The van der Waals surface area contributed by atoms with Crippen LogP contribution in [0, 0.1) is 5.92 Å². The molecule has 8 heteroatoms. The Kier molecular flexibility index (Phi) is 6.00. The molecular formula is C29H27N3O5. The van der Waals surface area contributed by atoms with Crippen molar-refractivity contribution in [1.29, 1.82) is 0 Å². The van der Waals surface area contributed by atoms with Gasteiger partial charge in [-0.05, 0) is 48.7 Å². The van der Waals surface area contributed by atoms with Gasteiger partial charge in [-0.1, -0.05) is 48.9 Å². The van der Waals surface area contributed by atoms with Crippen LogP contribution < -0.4 is 24.6 Å². The molecule has 2 aliphatic heterocycles. The van der Waals surface area contributed by atoms with Gasteiger partial charge in [-0.25, -0.2) is 0 Å². The molecule has 0 bridgehead atoms. The van der Waals surface area contributed by atoms with Gasteiger partial charge in [-0.15, -0.1) is 0 Å². The Morgan fingerprint density at radius 2 is 1.65 bits per heavy atom. The van der Waals surface area contributed by atoms with Crippen LogP contribution in [0.5, 0.6) is 11.5 Å². The van der Waals surface area contributed by atoms with Gasteiger partial charge in [0.1, 0.15) is 0 Å². The van der Waals surface area contributed by atoms with E-state index >= 15 is 0 Å². The number of hydrogen-bond donors (Lipinski definition) is 1. The van der Waals surface area contributed by atoms with Crippen LogP contribution in [0.3, 0.4) is 0 Å². The fraction of sp³-hybridized carbons (Fsp3) is 0.276. The molecule has 1 N–H and O–H groups in total. The van der Waals surface area contributed by atoms with Gasteiger partial charge in [-0.2, -0.15) is 0 Å². The van der Waals surface area contributed by atoms with E-state index in [9.17, 15) is 14.4 Å². The van der Waals surface area contributed by atoms with E-state index in [2.05, 4.69) is 5.32 Å². The van der Waals surface area contributed by atoms with Gasteiger partial charge in [0.05, 0.1) is 30.4 Å². The molecule has 3 aromatic carbocycles. The summed E-state index contributed by atoms with van der Waals surface area (Å²) in [6.45, 7) is 0.371. The first-order valence-corrected chi connectivity index (χ1v) is 12.5. The number of benzene rings is 3. The quantitative estimate of drug-likeness (QED) is 0.578. The van der Waals surface area contributed by atoms with E-state index in [1.165, 1.54) is 0 Å². The van der Waals surface area contributed by atoms with Crippen LogP contribution in [0.25, 0.3) is 0 Å². The number of hydrogen-bond acceptors (Lipinski definition) is 5. The molecule has 3 aromatic rings. The van der Waals surface area contributed by atoms with Crippen molar-refractivity contribution < 1.29 is 23.9 Å². The monoisotopic (exact) mass is 497 g/mol. The highest BCUT2D eigenvalue weighted by molar-refractivity contribution is 6.08. The predicted octanol–water partition coefficient (Wildman–Crippen LogP) is 3.89. The molecule has 1 saturated carbocycles. The molecule has 3 aliphatic rings. The SMILES string of the molecule is O=C(NCC(=O)N1c2ccccc2N(Cc2ccccc2)C(=O)C2CCCC21)c1ccc2c(c1)OCO2. The zero-order valence-corrected chi connectivity index (χ0v) is 20.3. The third kappa shape index (κ3) is 4.28. The molecule has 2 heterocycles. The molecule has 1 aliphatic carbocycles. The van der Waals surface area contributed by atoms with Crippen molar-refractivity contribution in [2.45, 2.75) is 31.8 Å². The summed E-state index contributed by atoms with van der Waals surface area (Å²) in [6.07, 6.45) is 2.34. The summed E-state index contributed by atoms with van der Waals surface area (Å²) in [5.41, 5.74) is 2.82. The Balaban J connectivity index is 1.27. The fourth-order valence-corrected chi connectivity index (χ4v) is 5.56. The molecule has 0 radical (unpaired) electrons. The number of nitrogens with one attached hydrogen (secondary N) is 1. The molecule has 2 unspecified atom stereocenters. The number of carbonyl (C=O) groups is 3. The van der Waals surface area contributed by atoms with Gasteiger partial charge in [0.15, 0.2) is 11.5 Å². The molecule has 0 aromatic heterocycles. The number of nitrogens with zero attached hydrogens (tertiary/aromatic N) is 2. The van der Waals surface area contributed by atoms with Gasteiger partial charge in [-0.3, -0.25) is 14.4 Å². The number of fused-ring (bicyclic) bond motifs is 3. The maximum absolute atomic E-state index is 13.8. The van der Waals surface area contributed by atoms with Crippen LogP contribution in [0.2, 0.25) is 0 Å². The normalized spacial score (nSPS) is 19.7. The van der Waals surface area contributed by atoms with E-state index in [1.807, 2.05) is 59.5 Å². The van der Waals surface area contributed by atoms with Gasteiger partial charge < -0.3 is 24.6 Å². The van der Waals surface area contributed by atoms with E-state index in [0.29, 0.717) is 35.0 Å². The predicted molar refractivity (Wildman–Crippen MR) is 138 cm³/mol. The Labute approximate surface area is 214 Å². The van der Waals surface area contributed by atoms with E-state index in [0.717, 1.165) is 24.8 Å². The van der Waals surface area contributed by atoms with Crippen LogP contribution in [0.4, 0.5) is 11.4 Å². The van der Waals surface area contributed by atoms with Gasteiger partial charge >= 0.3 is 0 Å². The lowest BCUT2D eigenvalue weighted by molar-refractivity contribution is -0.123. The lowest BCUT2D eigenvalue weighted by Gasteiger charge is -2.30. The van der Waals surface area contributed by atoms with Crippen molar-refractivity contribution >= 4 is 29.1 Å². The third-order valence-corrected chi connectivity index (χ3v) is 7.31. The van der Waals surface area contributed by atoms with Gasteiger partial charge in [0.25, 0.3) is 5.91 Å². The summed E-state index contributed by atoms with van der Waals surface area (Å²) < 4.78 is 10.7. The topological polar surface area (TPSA) is 88.2 Å². The maximum atomic E-state index is 13.8. The smallest absolute Gasteiger partial charge is 0.251 e. The van der Waals surface area contributed by atoms with Crippen LogP contribution >= 0.6 is 0 Å². The fourth-order valence-electron chi connectivity index (χ4n) is 5.56. The van der Waals surface area contributed by atoms with Crippen molar-refractivity contribution in [3.8, 4) is 11.5 Å². The van der Waals surface area contributed by atoms with Crippen LogP contribution in [0.1, 0.15) is 35.2 Å². The first-order chi connectivity index (χ1) is 18.1. The summed E-state index contributed by atoms with van der Waals surface area (Å²) in [7, 11) is 0. The van der Waals surface area contributed by atoms with Gasteiger partial charge in [0.2, 0.25) is 18.6 Å². The van der Waals surface area contributed by atoms with E-state index < -0.39 is 0 Å². The lowest BCUT2D eigenvalue weighted by Crippen LogP contribution is -2.48. The largest absolute Gasteiger partial charge is 0.454 e.